The van der Waals surface area contributed by atoms with Gasteiger partial charge >= 0.3 is 0 Å². The van der Waals surface area contributed by atoms with Crippen molar-refractivity contribution >= 4 is 27.5 Å². The number of unbranched alkanes of at least 4 members (excludes halogenated alkanes) is 1. The lowest BCUT2D eigenvalue weighted by molar-refractivity contribution is 0.219. The van der Waals surface area contributed by atoms with Crippen LogP contribution in [0.5, 0.6) is 0 Å². The van der Waals surface area contributed by atoms with Gasteiger partial charge in [-0.25, -0.2) is 0 Å². The van der Waals surface area contributed by atoms with Crippen LogP contribution >= 0.6 is 27.5 Å². The molecule has 0 saturated heterocycles. The predicted octanol–water partition coefficient (Wildman–Crippen LogP) is 5.53. The minimum Gasteiger partial charge on any atom is -0.384 e. The van der Waals surface area contributed by atoms with Gasteiger partial charge in [-0.05, 0) is 41.7 Å². The van der Waals surface area contributed by atoms with Gasteiger partial charge in [0.15, 0.2) is 0 Å². The van der Waals surface area contributed by atoms with Crippen LogP contribution in [-0.2, 0) is 6.42 Å². The van der Waals surface area contributed by atoms with Crippen molar-refractivity contribution in [2.24, 2.45) is 0 Å². The molecule has 20 heavy (non-hydrogen) atoms. The molecule has 2 aromatic carbocycles. The zero-order chi connectivity index (χ0) is 14.5. The third-order valence-electron chi connectivity index (χ3n) is 3.37. The summed E-state index contributed by atoms with van der Waals surface area (Å²) in [5.74, 6) is 0. The molecule has 3 heteroatoms. The van der Waals surface area contributed by atoms with E-state index in [1.807, 2.05) is 18.2 Å². The lowest BCUT2D eigenvalue weighted by Gasteiger charge is -2.14. The Morgan fingerprint density at radius 3 is 2.45 bits per heavy atom. The first-order valence-electron chi connectivity index (χ1n) is 6.83. The predicted molar refractivity (Wildman–Crippen MR) is 88.3 cm³/mol. The van der Waals surface area contributed by atoms with Gasteiger partial charge in [-0.3, -0.25) is 0 Å². The van der Waals surface area contributed by atoms with E-state index >= 15 is 0 Å². The summed E-state index contributed by atoms with van der Waals surface area (Å²) in [6.07, 6.45) is 2.85. The first-order chi connectivity index (χ1) is 9.61. The normalized spacial score (nSPS) is 12.4. The number of hydrogen-bond acceptors (Lipinski definition) is 1. The lowest BCUT2D eigenvalue weighted by Crippen LogP contribution is -2.01. The lowest BCUT2D eigenvalue weighted by atomic mass is 9.99. The molecule has 0 aliphatic heterocycles. The van der Waals surface area contributed by atoms with Gasteiger partial charge in [0.2, 0.25) is 0 Å². The van der Waals surface area contributed by atoms with Gasteiger partial charge < -0.3 is 5.11 Å². The van der Waals surface area contributed by atoms with E-state index in [1.54, 1.807) is 12.1 Å². The molecule has 106 valence electrons. The van der Waals surface area contributed by atoms with Crippen molar-refractivity contribution in [2.75, 3.05) is 0 Å². The average molecular weight is 354 g/mol. The second kappa shape index (κ2) is 7.26. The van der Waals surface area contributed by atoms with E-state index in [0.29, 0.717) is 5.02 Å². The maximum Gasteiger partial charge on any atom is 0.105 e. The van der Waals surface area contributed by atoms with Gasteiger partial charge in [-0.2, -0.15) is 0 Å². The van der Waals surface area contributed by atoms with Crippen molar-refractivity contribution in [1.29, 1.82) is 0 Å². The molecule has 1 unspecified atom stereocenters. The summed E-state index contributed by atoms with van der Waals surface area (Å²) in [5, 5.41) is 11.1. The number of aryl methyl sites for hydroxylation is 1. The number of halogens is 2. The highest BCUT2D eigenvalue weighted by molar-refractivity contribution is 9.10. The van der Waals surface area contributed by atoms with Crippen molar-refractivity contribution in [3.05, 3.63) is 68.7 Å². The monoisotopic (exact) mass is 352 g/mol. The maximum atomic E-state index is 10.5. The molecule has 0 spiro atoms. The summed E-state index contributed by atoms with van der Waals surface area (Å²) in [6, 6.07) is 13.6. The number of hydrogen-bond donors (Lipinski definition) is 1. The molecule has 1 N–H and O–H groups in total. The molecular formula is C17H18BrClO. The summed E-state index contributed by atoms with van der Waals surface area (Å²) in [6.45, 7) is 2.19. The highest BCUT2D eigenvalue weighted by atomic mass is 79.9. The number of aliphatic hydroxyl groups is 1. The SMILES string of the molecule is CCCCc1ccc(C(O)c2ccc(Cl)cc2Br)cc1. The van der Waals surface area contributed by atoms with Crippen LogP contribution in [0.1, 0.15) is 42.6 Å². The molecule has 2 aromatic rings. The van der Waals surface area contributed by atoms with E-state index < -0.39 is 6.10 Å². The first kappa shape index (κ1) is 15.6. The van der Waals surface area contributed by atoms with Crippen molar-refractivity contribution in [1.82, 2.24) is 0 Å². The zero-order valence-electron chi connectivity index (χ0n) is 11.4. The van der Waals surface area contributed by atoms with E-state index in [4.69, 9.17) is 11.6 Å². The summed E-state index contributed by atoms with van der Waals surface area (Å²) < 4.78 is 0.826. The number of rotatable bonds is 5. The molecule has 0 heterocycles. The van der Waals surface area contributed by atoms with Gasteiger partial charge in [0.05, 0.1) is 0 Å². The van der Waals surface area contributed by atoms with Gasteiger partial charge in [0, 0.05) is 9.50 Å². The van der Waals surface area contributed by atoms with Crippen molar-refractivity contribution < 1.29 is 5.11 Å². The van der Waals surface area contributed by atoms with Crippen LogP contribution in [0, 0.1) is 0 Å². The van der Waals surface area contributed by atoms with Gasteiger partial charge in [0.25, 0.3) is 0 Å². The van der Waals surface area contributed by atoms with E-state index in [1.165, 1.54) is 18.4 Å². The fourth-order valence-electron chi connectivity index (χ4n) is 2.15. The van der Waals surface area contributed by atoms with E-state index in [2.05, 4.69) is 35.0 Å². The zero-order valence-corrected chi connectivity index (χ0v) is 13.8. The fraction of sp³-hybridized carbons (Fsp3) is 0.294. The highest BCUT2D eigenvalue weighted by Crippen LogP contribution is 2.30. The Balaban J connectivity index is 2.18. The van der Waals surface area contributed by atoms with E-state index in [-0.39, 0.29) is 0 Å². The standard InChI is InChI=1S/C17H18BrClO/c1-2-3-4-12-5-7-13(8-6-12)17(20)15-10-9-14(19)11-16(15)18/h5-11,17,20H,2-4H2,1H3. The molecule has 0 saturated carbocycles. The van der Waals surface area contributed by atoms with Crippen molar-refractivity contribution in [3.8, 4) is 0 Å². The fourth-order valence-corrected chi connectivity index (χ4v) is 3.05. The third kappa shape index (κ3) is 3.85. The molecule has 0 aromatic heterocycles. The Kier molecular flexibility index (Phi) is 5.64. The van der Waals surface area contributed by atoms with E-state index in [9.17, 15) is 5.11 Å². The average Bonchev–Trinajstić information content (AvgIpc) is 2.45. The smallest absolute Gasteiger partial charge is 0.105 e. The summed E-state index contributed by atoms with van der Waals surface area (Å²) >= 11 is 9.37. The quantitative estimate of drug-likeness (QED) is 0.749. The molecular weight excluding hydrogens is 336 g/mol. The first-order valence-corrected chi connectivity index (χ1v) is 8.00. The second-order valence-corrected chi connectivity index (χ2v) is 6.20. The Labute approximate surface area is 133 Å². The third-order valence-corrected chi connectivity index (χ3v) is 4.29. The Morgan fingerprint density at radius 2 is 1.85 bits per heavy atom. The Morgan fingerprint density at radius 1 is 1.15 bits per heavy atom. The molecule has 0 amide bonds. The number of benzene rings is 2. The molecule has 0 bridgehead atoms. The van der Waals surface area contributed by atoms with Crippen LogP contribution in [0.2, 0.25) is 5.02 Å². The van der Waals surface area contributed by atoms with Gasteiger partial charge in [-0.1, -0.05) is 71.2 Å². The highest BCUT2D eigenvalue weighted by Gasteiger charge is 2.13. The summed E-state index contributed by atoms with van der Waals surface area (Å²) in [7, 11) is 0. The molecule has 1 atom stereocenters. The van der Waals surface area contributed by atoms with Crippen LogP contribution in [0.4, 0.5) is 0 Å². The Hall–Kier alpha value is -0.830. The minimum absolute atomic E-state index is 0.637. The molecule has 1 nitrogen and oxygen atoms in total. The number of aliphatic hydroxyl groups excluding tert-OH is 1. The van der Waals surface area contributed by atoms with Crippen LogP contribution in [0.3, 0.4) is 0 Å². The molecule has 0 aliphatic carbocycles. The van der Waals surface area contributed by atoms with Crippen molar-refractivity contribution in [3.63, 3.8) is 0 Å². The van der Waals surface area contributed by atoms with Crippen LogP contribution in [0.15, 0.2) is 46.9 Å². The summed E-state index contributed by atoms with van der Waals surface area (Å²) in [5.41, 5.74) is 3.04. The van der Waals surface area contributed by atoms with Gasteiger partial charge in [0.1, 0.15) is 6.10 Å². The molecule has 2 rings (SSSR count). The van der Waals surface area contributed by atoms with E-state index in [0.717, 1.165) is 22.0 Å². The summed E-state index contributed by atoms with van der Waals surface area (Å²) in [4.78, 5) is 0. The van der Waals surface area contributed by atoms with Crippen molar-refractivity contribution in [2.45, 2.75) is 32.3 Å². The molecule has 0 fully saturated rings. The second-order valence-electron chi connectivity index (χ2n) is 4.91. The molecule has 0 radical (unpaired) electrons. The van der Waals surface area contributed by atoms with Crippen LogP contribution < -0.4 is 0 Å². The topological polar surface area (TPSA) is 20.2 Å². The maximum absolute atomic E-state index is 10.5. The largest absolute Gasteiger partial charge is 0.384 e. The minimum atomic E-state index is -0.637. The van der Waals surface area contributed by atoms with Gasteiger partial charge in [-0.15, -0.1) is 0 Å². The molecule has 0 aliphatic rings. The van der Waals surface area contributed by atoms with Crippen LogP contribution in [-0.4, -0.2) is 5.11 Å². The Bertz CT molecular complexity index is 566. The van der Waals surface area contributed by atoms with Crippen LogP contribution in [0.25, 0.3) is 0 Å².